The lowest BCUT2D eigenvalue weighted by atomic mass is 9.49. The monoisotopic (exact) mass is 452 g/mol. The summed E-state index contributed by atoms with van der Waals surface area (Å²) in [5.74, 6) is 0.788. The molecule has 0 spiro atoms. The minimum absolute atomic E-state index is 0.149. The van der Waals surface area contributed by atoms with E-state index in [1.165, 1.54) is 19.3 Å². The summed E-state index contributed by atoms with van der Waals surface area (Å²) >= 11 is 3.45. The summed E-state index contributed by atoms with van der Waals surface area (Å²) in [5.41, 5.74) is 3.24. The van der Waals surface area contributed by atoms with Gasteiger partial charge in [0.2, 0.25) is 5.91 Å². The first-order valence-corrected chi connectivity index (χ1v) is 11.1. The summed E-state index contributed by atoms with van der Waals surface area (Å²) in [7, 11) is 0. The van der Waals surface area contributed by atoms with Gasteiger partial charge in [0, 0.05) is 9.86 Å². The summed E-state index contributed by atoms with van der Waals surface area (Å²) < 4.78 is 0.771. The molecule has 4 aliphatic carbocycles. The highest BCUT2D eigenvalue weighted by atomic mass is 79.9. The van der Waals surface area contributed by atoms with Gasteiger partial charge in [-0.3, -0.25) is 19.8 Å². The topological polar surface area (TPSA) is 66.5 Å². The Balaban J connectivity index is 1.36. The van der Waals surface area contributed by atoms with Crippen molar-refractivity contribution < 1.29 is 14.4 Å². The zero-order valence-corrected chi connectivity index (χ0v) is 17.5. The molecule has 148 valence electrons. The Morgan fingerprint density at radius 2 is 1.59 bits per heavy atom. The fourth-order valence-electron chi connectivity index (χ4n) is 6.78. The molecule has 7 rings (SSSR count). The zero-order valence-electron chi connectivity index (χ0n) is 15.9. The molecule has 0 atom stereocenters. The maximum absolute atomic E-state index is 13.4. The maximum Gasteiger partial charge on any atom is 0.280 e. The van der Waals surface area contributed by atoms with Crippen LogP contribution in [0.1, 0.15) is 59.2 Å². The Bertz CT molecular complexity index is 1070. The summed E-state index contributed by atoms with van der Waals surface area (Å²) in [6.07, 6.45) is 6.36. The Kier molecular flexibility index (Phi) is 3.59. The van der Waals surface area contributed by atoms with Crippen LogP contribution in [0.25, 0.3) is 10.8 Å². The summed E-state index contributed by atoms with van der Waals surface area (Å²) in [4.78, 5) is 39.7. The molecule has 5 nitrogen and oxygen atoms in total. The van der Waals surface area contributed by atoms with E-state index in [0.29, 0.717) is 34.3 Å². The van der Waals surface area contributed by atoms with Crippen molar-refractivity contribution in [2.45, 2.75) is 38.5 Å². The molecule has 0 unspecified atom stereocenters. The van der Waals surface area contributed by atoms with Crippen LogP contribution >= 0.6 is 15.9 Å². The van der Waals surface area contributed by atoms with Crippen LogP contribution in [0.5, 0.6) is 0 Å². The molecule has 1 N–H and O–H groups in total. The van der Waals surface area contributed by atoms with Crippen LogP contribution < -0.4 is 5.43 Å². The molecule has 5 aliphatic rings. The lowest BCUT2D eigenvalue weighted by molar-refractivity contribution is -0.149. The van der Waals surface area contributed by atoms with Crippen LogP contribution in [0.15, 0.2) is 34.8 Å². The quantitative estimate of drug-likeness (QED) is 0.684. The van der Waals surface area contributed by atoms with Gasteiger partial charge in [-0.15, -0.1) is 0 Å². The summed E-state index contributed by atoms with van der Waals surface area (Å²) in [6, 6.07) is 9.04. The number of hydrogen-bond donors (Lipinski definition) is 1. The van der Waals surface area contributed by atoms with Crippen LogP contribution in [0.3, 0.4) is 0 Å². The van der Waals surface area contributed by atoms with Gasteiger partial charge < -0.3 is 0 Å². The van der Waals surface area contributed by atoms with Crippen LogP contribution in [-0.2, 0) is 4.79 Å². The van der Waals surface area contributed by atoms with E-state index in [-0.39, 0.29) is 5.91 Å². The highest BCUT2D eigenvalue weighted by Crippen LogP contribution is 2.60. The number of carbonyl (C=O) groups is 3. The molecule has 6 heteroatoms. The molecule has 4 bridgehead atoms. The second-order valence-electron chi connectivity index (χ2n) is 9.44. The first kappa shape index (κ1) is 17.6. The molecule has 2 aromatic carbocycles. The van der Waals surface area contributed by atoms with Crippen LogP contribution in [-0.4, -0.2) is 22.7 Å². The number of amides is 3. The number of carbonyl (C=O) groups excluding carboxylic acids is 3. The third-order valence-corrected chi connectivity index (χ3v) is 8.00. The number of rotatable bonds is 2. The van der Waals surface area contributed by atoms with Gasteiger partial charge in [0.15, 0.2) is 0 Å². The molecule has 2 aromatic rings. The highest BCUT2D eigenvalue weighted by Gasteiger charge is 2.55. The molecule has 0 radical (unpaired) electrons. The van der Waals surface area contributed by atoms with Gasteiger partial charge >= 0.3 is 0 Å². The van der Waals surface area contributed by atoms with Gasteiger partial charge in [-0.1, -0.05) is 28.1 Å². The summed E-state index contributed by atoms with van der Waals surface area (Å²) in [6.45, 7) is 0. The minimum atomic E-state index is -0.460. The van der Waals surface area contributed by atoms with Crippen LogP contribution in [0, 0.1) is 23.2 Å². The van der Waals surface area contributed by atoms with Crippen molar-refractivity contribution in [2.24, 2.45) is 23.2 Å². The fourth-order valence-corrected chi connectivity index (χ4v) is 7.26. The van der Waals surface area contributed by atoms with E-state index in [1.807, 2.05) is 12.1 Å². The van der Waals surface area contributed by atoms with E-state index in [0.717, 1.165) is 34.1 Å². The Labute approximate surface area is 176 Å². The van der Waals surface area contributed by atoms with Gasteiger partial charge in [-0.25, -0.2) is 0 Å². The highest BCUT2D eigenvalue weighted by molar-refractivity contribution is 9.10. The largest absolute Gasteiger partial charge is 0.280 e. The first-order valence-electron chi connectivity index (χ1n) is 10.4. The van der Waals surface area contributed by atoms with E-state index >= 15 is 0 Å². The van der Waals surface area contributed by atoms with E-state index in [9.17, 15) is 14.4 Å². The average Bonchev–Trinajstić information content (AvgIpc) is 2.67. The van der Waals surface area contributed by atoms with E-state index in [2.05, 4.69) is 21.4 Å². The van der Waals surface area contributed by atoms with Crippen molar-refractivity contribution in [2.75, 3.05) is 0 Å². The predicted molar refractivity (Wildman–Crippen MR) is 111 cm³/mol. The lowest BCUT2D eigenvalue weighted by Gasteiger charge is -2.55. The number of hydrazine groups is 1. The third-order valence-electron chi connectivity index (χ3n) is 7.54. The van der Waals surface area contributed by atoms with Crippen molar-refractivity contribution in [3.63, 3.8) is 0 Å². The number of benzene rings is 2. The van der Waals surface area contributed by atoms with Crippen molar-refractivity contribution in [3.05, 3.63) is 45.9 Å². The molecule has 0 aromatic heterocycles. The number of hydrogen-bond acceptors (Lipinski definition) is 3. The van der Waals surface area contributed by atoms with Gasteiger partial charge in [0.05, 0.1) is 16.5 Å². The van der Waals surface area contributed by atoms with Crippen LogP contribution in [0.4, 0.5) is 0 Å². The molecule has 3 amide bonds. The number of imide groups is 1. The lowest BCUT2D eigenvalue weighted by Crippen LogP contribution is -2.59. The molecule has 1 aliphatic heterocycles. The normalized spacial score (nSPS) is 32.2. The molecule has 1 heterocycles. The Morgan fingerprint density at radius 1 is 0.966 bits per heavy atom. The second-order valence-corrected chi connectivity index (χ2v) is 10.4. The SMILES string of the molecule is O=C1c2cccc3cc(Br)cc(c23)C(=O)N1NC(=O)C12CC3CC(CC(C3)C1)C2. The number of nitrogens with zero attached hydrogens (tertiary/aromatic N) is 1. The molecule has 29 heavy (non-hydrogen) atoms. The second kappa shape index (κ2) is 5.91. The van der Waals surface area contributed by atoms with Gasteiger partial charge in [-0.05, 0) is 79.9 Å². The van der Waals surface area contributed by atoms with Gasteiger partial charge in [-0.2, -0.15) is 5.01 Å². The molecule has 0 saturated heterocycles. The Hall–Kier alpha value is -2.21. The Morgan fingerprint density at radius 3 is 2.24 bits per heavy atom. The van der Waals surface area contributed by atoms with Crippen molar-refractivity contribution >= 4 is 44.4 Å². The van der Waals surface area contributed by atoms with Crippen molar-refractivity contribution in [1.82, 2.24) is 10.4 Å². The molecule has 4 saturated carbocycles. The summed E-state index contributed by atoms with van der Waals surface area (Å²) in [5, 5.41) is 2.44. The first-order chi connectivity index (χ1) is 13.9. The molecular formula is C23H21BrN2O3. The van der Waals surface area contributed by atoms with Crippen molar-refractivity contribution in [3.8, 4) is 0 Å². The predicted octanol–water partition coefficient (Wildman–Crippen LogP) is 4.45. The standard InChI is InChI=1S/C23H21BrN2O3/c24-16-7-15-2-1-3-17-19(15)18(8-16)21(28)26(20(17)27)25-22(29)23-9-12-4-13(10-23)6-14(5-12)11-23/h1-3,7-8,12-14H,4-6,9-11H2,(H,25,29). The van der Waals surface area contributed by atoms with E-state index in [4.69, 9.17) is 0 Å². The molecular weight excluding hydrogens is 432 g/mol. The third kappa shape index (κ3) is 2.48. The molecule has 4 fully saturated rings. The van der Waals surface area contributed by atoms with Crippen LogP contribution in [0.2, 0.25) is 0 Å². The van der Waals surface area contributed by atoms with E-state index < -0.39 is 17.2 Å². The minimum Gasteiger partial charge on any atom is -0.273 e. The van der Waals surface area contributed by atoms with Gasteiger partial charge in [0.25, 0.3) is 11.8 Å². The average molecular weight is 453 g/mol. The number of nitrogens with one attached hydrogen (secondary N) is 1. The van der Waals surface area contributed by atoms with Crippen molar-refractivity contribution in [1.29, 1.82) is 0 Å². The smallest absolute Gasteiger partial charge is 0.273 e. The van der Waals surface area contributed by atoms with E-state index in [1.54, 1.807) is 18.2 Å². The van der Waals surface area contributed by atoms with Gasteiger partial charge in [0.1, 0.15) is 0 Å². The fraction of sp³-hybridized carbons (Fsp3) is 0.435. The zero-order chi connectivity index (χ0) is 19.9. The maximum atomic E-state index is 13.4. The number of halogens is 1.